The van der Waals surface area contributed by atoms with Crippen molar-refractivity contribution in [1.82, 2.24) is 0 Å². The van der Waals surface area contributed by atoms with E-state index in [1.54, 1.807) is 0 Å². The standard InChI is InChI=1S/C9H20O2Si/c1-6-10-7-9(2)8-11-12(3,4)5/h8H,6-7H2,1-5H3. The second-order valence-corrected chi connectivity index (χ2v) is 8.29. The van der Waals surface area contributed by atoms with Gasteiger partial charge in [0.15, 0.2) is 0 Å². The highest BCUT2D eigenvalue weighted by molar-refractivity contribution is 6.69. The van der Waals surface area contributed by atoms with Gasteiger partial charge in [0.25, 0.3) is 0 Å². The van der Waals surface area contributed by atoms with Crippen molar-refractivity contribution < 1.29 is 9.16 Å². The Morgan fingerprint density at radius 3 is 2.33 bits per heavy atom. The molecular weight excluding hydrogens is 168 g/mol. The fourth-order valence-corrected chi connectivity index (χ4v) is 1.13. The van der Waals surface area contributed by atoms with E-state index in [1.165, 1.54) is 0 Å². The Balaban J connectivity index is 3.69. The van der Waals surface area contributed by atoms with Gasteiger partial charge in [-0.25, -0.2) is 0 Å². The van der Waals surface area contributed by atoms with Crippen molar-refractivity contribution in [2.75, 3.05) is 13.2 Å². The second-order valence-electron chi connectivity index (χ2n) is 3.83. The van der Waals surface area contributed by atoms with Gasteiger partial charge in [-0.15, -0.1) is 0 Å². The monoisotopic (exact) mass is 188 g/mol. The molecule has 0 bridgehead atoms. The van der Waals surface area contributed by atoms with Crippen LogP contribution in [0.5, 0.6) is 0 Å². The lowest BCUT2D eigenvalue weighted by Crippen LogP contribution is -2.22. The molecule has 0 aromatic rings. The van der Waals surface area contributed by atoms with Gasteiger partial charge < -0.3 is 9.16 Å². The predicted octanol–water partition coefficient (Wildman–Crippen LogP) is 2.78. The minimum absolute atomic E-state index is 0.682. The van der Waals surface area contributed by atoms with Gasteiger partial charge in [0.05, 0.1) is 12.9 Å². The van der Waals surface area contributed by atoms with Crippen molar-refractivity contribution in [1.29, 1.82) is 0 Å². The van der Waals surface area contributed by atoms with Gasteiger partial charge >= 0.3 is 0 Å². The fraction of sp³-hybridized carbons (Fsp3) is 0.778. The summed E-state index contributed by atoms with van der Waals surface area (Å²) in [5.74, 6) is 0. The molecule has 0 atom stereocenters. The van der Waals surface area contributed by atoms with Crippen LogP contribution in [0.2, 0.25) is 19.6 Å². The predicted molar refractivity (Wildman–Crippen MR) is 54.7 cm³/mol. The Labute approximate surface area is 76.7 Å². The molecule has 0 amide bonds. The summed E-state index contributed by atoms with van der Waals surface area (Å²) in [7, 11) is -1.39. The van der Waals surface area contributed by atoms with E-state index >= 15 is 0 Å². The third-order valence-corrected chi connectivity index (χ3v) is 1.97. The van der Waals surface area contributed by atoms with Crippen LogP contribution in [-0.4, -0.2) is 21.5 Å². The lowest BCUT2D eigenvalue weighted by atomic mass is 10.4. The molecule has 0 saturated carbocycles. The maximum Gasteiger partial charge on any atom is 0.241 e. The maximum atomic E-state index is 5.59. The van der Waals surface area contributed by atoms with Crippen LogP contribution < -0.4 is 0 Å². The summed E-state index contributed by atoms with van der Waals surface area (Å²) in [5.41, 5.74) is 1.15. The topological polar surface area (TPSA) is 18.5 Å². The molecule has 0 fully saturated rings. The Kier molecular flexibility index (Phi) is 5.25. The van der Waals surface area contributed by atoms with E-state index in [0.29, 0.717) is 6.61 Å². The molecule has 0 unspecified atom stereocenters. The van der Waals surface area contributed by atoms with Crippen molar-refractivity contribution in [3.8, 4) is 0 Å². The molecule has 3 heteroatoms. The molecule has 0 aliphatic heterocycles. The van der Waals surface area contributed by atoms with E-state index in [-0.39, 0.29) is 0 Å². The van der Waals surface area contributed by atoms with Crippen LogP contribution in [0.15, 0.2) is 11.8 Å². The minimum atomic E-state index is -1.39. The zero-order valence-corrected chi connectivity index (χ0v) is 9.81. The van der Waals surface area contributed by atoms with Crippen LogP contribution in [-0.2, 0) is 9.16 Å². The molecule has 0 aromatic heterocycles. The highest BCUT2D eigenvalue weighted by Crippen LogP contribution is 2.05. The van der Waals surface area contributed by atoms with E-state index < -0.39 is 8.32 Å². The molecule has 12 heavy (non-hydrogen) atoms. The lowest BCUT2D eigenvalue weighted by molar-refractivity contribution is 0.169. The number of hydrogen-bond acceptors (Lipinski definition) is 2. The highest BCUT2D eigenvalue weighted by atomic mass is 28.4. The first kappa shape index (κ1) is 11.7. The third kappa shape index (κ3) is 7.82. The van der Waals surface area contributed by atoms with E-state index in [1.807, 2.05) is 20.1 Å². The van der Waals surface area contributed by atoms with Crippen LogP contribution in [0, 0.1) is 0 Å². The molecule has 72 valence electrons. The number of rotatable bonds is 5. The maximum absolute atomic E-state index is 5.59. The van der Waals surface area contributed by atoms with Gasteiger partial charge in [0, 0.05) is 6.61 Å². The van der Waals surface area contributed by atoms with Crippen molar-refractivity contribution in [2.45, 2.75) is 33.5 Å². The second kappa shape index (κ2) is 5.38. The molecule has 0 N–H and O–H groups in total. The molecule has 2 nitrogen and oxygen atoms in total. The molecule has 0 rings (SSSR count). The number of ether oxygens (including phenoxy) is 1. The van der Waals surface area contributed by atoms with Gasteiger partial charge in [0.2, 0.25) is 8.32 Å². The first-order chi connectivity index (χ1) is 5.45. The van der Waals surface area contributed by atoms with E-state index in [0.717, 1.165) is 12.2 Å². The first-order valence-electron chi connectivity index (χ1n) is 4.37. The van der Waals surface area contributed by atoms with Crippen molar-refractivity contribution >= 4 is 8.32 Å². The summed E-state index contributed by atoms with van der Waals surface area (Å²) in [5, 5.41) is 0. The molecule has 0 radical (unpaired) electrons. The van der Waals surface area contributed by atoms with Crippen LogP contribution >= 0.6 is 0 Å². The number of hydrogen-bond donors (Lipinski definition) is 0. The van der Waals surface area contributed by atoms with Gasteiger partial charge in [-0.1, -0.05) is 0 Å². The molecular formula is C9H20O2Si. The Bertz CT molecular complexity index is 147. The van der Waals surface area contributed by atoms with E-state index in [9.17, 15) is 0 Å². The average molecular weight is 188 g/mol. The van der Waals surface area contributed by atoms with Crippen molar-refractivity contribution in [3.05, 3.63) is 11.8 Å². The minimum Gasteiger partial charge on any atom is -0.550 e. The zero-order chi connectivity index (χ0) is 9.61. The summed E-state index contributed by atoms with van der Waals surface area (Å²) in [6.07, 6.45) is 1.84. The van der Waals surface area contributed by atoms with Gasteiger partial charge in [0.1, 0.15) is 0 Å². The Morgan fingerprint density at radius 2 is 1.92 bits per heavy atom. The largest absolute Gasteiger partial charge is 0.550 e. The third-order valence-electron chi connectivity index (χ3n) is 1.15. The van der Waals surface area contributed by atoms with Gasteiger partial charge in [-0.3, -0.25) is 0 Å². The first-order valence-corrected chi connectivity index (χ1v) is 7.77. The molecule has 0 heterocycles. The van der Waals surface area contributed by atoms with Crippen LogP contribution in [0.4, 0.5) is 0 Å². The average Bonchev–Trinajstić information content (AvgIpc) is 1.95. The Hall–Kier alpha value is -0.283. The smallest absolute Gasteiger partial charge is 0.241 e. The fourth-order valence-electron chi connectivity index (χ4n) is 0.574. The zero-order valence-electron chi connectivity index (χ0n) is 8.81. The van der Waals surface area contributed by atoms with E-state index in [2.05, 4.69) is 19.6 Å². The summed E-state index contributed by atoms with van der Waals surface area (Å²) in [6.45, 7) is 12.0. The highest BCUT2D eigenvalue weighted by Gasteiger charge is 2.13. The van der Waals surface area contributed by atoms with Crippen LogP contribution in [0.1, 0.15) is 13.8 Å². The molecule has 0 saturated heterocycles. The molecule has 0 spiro atoms. The molecule has 0 aliphatic carbocycles. The molecule has 0 aromatic carbocycles. The quantitative estimate of drug-likeness (QED) is 0.488. The van der Waals surface area contributed by atoms with Crippen LogP contribution in [0.3, 0.4) is 0 Å². The van der Waals surface area contributed by atoms with Crippen LogP contribution in [0.25, 0.3) is 0 Å². The lowest BCUT2D eigenvalue weighted by Gasteiger charge is -2.16. The summed E-state index contributed by atoms with van der Waals surface area (Å²) in [4.78, 5) is 0. The summed E-state index contributed by atoms with van der Waals surface area (Å²) >= 11 is 0. The normalized spacial score (nSPS) is 13.2. The van der Waals surface area contributed by atoms with Crippen molar-refractivity contribution in [2.24, 2.45) is 0 Å². The van der Waals surface area contributed by atoms with E-state index in [4.69, 9.17) is 9.16 Å². The van der Waals surface area contributed by atoms with Gasteiger partial charge in [-0.2, -0.15) is 0 Å². The Morgan fingerprint density at radius 1 is 1.33 bits per heavy atom. The SMILES string of the molecule is CCOCC(C)=CO[Si](C)(C)C. The molecule has 0 aliphatic rings. The van der Waals surface area contributed by atoms with Crippen molar-refractivity contribution in [3.63, 3.8) is 0 Å². The summed E-state index contributed by atoms with van der Waals surface area (Å²) in [6, 6.07) is 0. The van der Waals surface area contributed by atoms with Gasteiger partial charge in [-0.05, 0) is 39.1 Å². The summed E-state index contributed by atoms with van der Waals surface area (Å²) < 4.78 is 10.8.